The van der Waals surface area contributed by atoms with Crippen LogP contribution in [-0.2, 0) is 4.79 Å². The van der Waals surface area contributed by atoms with Crippen LogP contribution in [0.1, 0.15) is 61.5 Å². The van der Waals surface area contributed by atoms with Crippen LogP contribution in [0.2, 0.25) is 0 Å². The Bertz CT molecular complexity index is 1770. The van der Waals surface area contributed by atoms with E-state index in [0.717, 1.165) is 93.5 Å². The highest BCUT2D eigenvalue weighted by Gasteiger charge is 2.23. The zero-order valence-electron chi connectivity index (χ0n) is 24.4. The molecular formula is C35H36N6O. The maximum Gasteiger partial charge on any atom is 0.227 e. The molecule has 0 radical (unpaired) electrons. The summed E-state index contributed by atoms with van der Waals surface area (Å²) in [7, 11) is 0. The largest absolute Gasteiger partial charge is 0.335 e. The molecule has 0 atom stereocenters. The van der Waals surface area contributed by atoms with Crippen molar-refractivity contribution in [1.29, 1.82) is 0 Å². The minimum Gasteiger partial charge on any atom is -0.335 e. The Kier molecular flexibility index (Phi) is 7.91. The number of nitrogens with one attached hydrogen (secondary N) is 2. The average molecular weight is 557 g/mol. The molecule has 1 aliphatic rings. The molecule has 1 aliphatic carbocycles. The Morgan fingerprint density at radius 3 is 2.62 bits per heavy atom. The number of benzene rings is 2. The highest BCUT2D eigenvalue weighted by molar-refractivity contribution is 6.13. The Labute approximate surface area is 246 Å². The van der Waals surface area contributed by atoms with Crippen LogP contribution in [0.15, 0.2) is 78.3 Å². The SMILES string of the molecule is CCC/N=C(/c1nc2c(-c3cccnc3)cncc2[nH]1)c1cc(-c2cc(C)cc(NC(=O)C3CCCC3)c2)ccc1C. The van der Waals surface area contributed by atoms with Crippen molar-refractivity contribution in [2.24, 2.45) is 10.9 Å². The number of amides is 1. The summed E-state index contributed by atoms with van der Waals surface area (Å²) >= 11 is 0. The van der Waals surface area contributed by atoms with E-state index in [9.17, 15) is 4.79 Å². The van der Waals surface area contributed by atoms with Crippen LogP contribution in [0.3, 0.4) is 0 Å². The van der Waals surface area contributed by atoms with Gasteiger partial charge in [0.25, 0.3) is 0 Å². The fraction of sp³-hybridized carbons (Fsp3) is 0.286. The van der Waals surface area contributed by atoms with Crippen molar-refractivity contribution >= 4 is 28.3 Å². The van der Waals surface area contributed by atoms with Crippen LogP contribution in [0, 0.1) is 19.8 Å². The van der Waals surface area contributed by atoms with Gasteiger partial charge in [-0.25, -0.2) is 4.98 Å². The highest BCUT2D eigenvalue weighted by atomic mass is 16.1. The van der Waals surface area contributed by atoms with Crippen LogP contribution in [0.5, 0.6) is 0 Å². The number of anilines is 1. The van der Waals surface area contributed by atoms with E-state index in [2.05, 4.69) is 71.4 Å². The zero-order chi connectivity index (χ0) is 29.1. The van der Waals surface area contributed by atoms with Crippen molar-refractivity contribution in [2.75, 3.05) is 11.9 Å². The van der Waals surface area contributed by atoms with Crippen LogP contribution in [0.25, 0.3) is 33.3 Å². The second kappa shape index (κ2) is 12.1. The van der Waals surface area contributed by atoms with Gasteiger partial charge in [-0.1, -0.05) is 44.0 Å². The Hall–Kier alpha value is -4.65. The quantitative estimate of drug-likeness (QED) is 0.192. The predicted molar refractivity (Wildman–Crippen MR) is 170 cm³/mol. The van der Waals surface area contributed by atoms with Gasteiger partial charge in [-0.05, 0) is 79.6 Å². The van der Waals surface area contributed by atoms with Gasteiger partial charge in [0, 0.05) is 53.4 Å². The summed E-state index contributed by atoms with van der Waals surface area (Å²) in [6.45, 7) is 6.99. The van der Waals surface area contributed by atoms with E-state index in [0.29, 0.717) is 12.4 Å². The lowest BCUT2D eigenvalue weighted by atomic mass is 9.95. The molecule has 3 heterocycles. The molecule has 7 heteroatoms. The number of H-pyrrole nitrogens is 1. The van der Waals surface area contributed by atoms with Crippen LogP contribution >= 0.6 is 0 Å². The number of aromatic amines is 1. The molecular weight excluding hydrogens is 520 g/mol. The number of imidazole rings is 1. The second-order valence-corrected chi connectivity index (χ2v) is 11.2. The molecule has 1 fully saturated rings. The molecule has 5 aromatic rings. The Morgan fingerprint density at radius 1 is 0.976 bits per heavy atom. The van der Waals surface area contributed by atoms with E-state index in [4.69, 9.17) is 9.98 Å². The Morgan fingerprint density at radius 2 is 1.83 bits per heavy atom. The molecule has 1 saturated carbocycles. The van der Waals surface area contributed by atoms with Crippen molar-refractivity contribution in [3.8, 4) is 22.3 Å². The van der Waals surface area contributed by atoms with Crippen molar-refractivity contribution in [3.63, 3.8) is 0 Å². The molecule has 6 rings (SSSR count). The van der Waals surface area contributed by atoms with E-state index < -0.39 is 0 Å². The number of aliphatic imine (C=N–C) groups is 1. The lowest BCUT2D eigenvalue weighted by Crippen LogP contribution is -2.20. The summed E-state index contributed by atoms with van der Waals surface area (Å²) < 4.78 is 0. The summed E-state index contributed by atoms with van der Waals surface area (Å²) in [4.78, 5) is 35.2. The number of nitrogens with zero attached hydrogens (tertiary/aromatic N) is 4. The molecule has 0 saturated heterocycles. The third-order valence-corrected chi connectivity index (χ3v) is 7.98. The highest BCUT2D eigenvalue weighted by Crippen LogP contribution is 2.31. The average Bonchev–Trinajstić information content (AvgIpc) is 3.69. The summed E-state index contributed by atoms with van der Waals surface area (Å²) in [6, 6.07) is 16.7. The number of aromatic nitrogens is 4. The van der Waals surface area contributed by atoms with Gasteiger partial charge in [0.15, 0.2) is 5.82 Å². The topological polar surface area (TPSA) is 95.9 Å². The first-order chi connectivity index (χ1) is 20.5. The van der Waals surface area contributed by atoms with Gasteiger partial charge in [0.2, 0.25) is 5.91 Å². The molecule has 42 heavy (non-hydrogen) atoms. The van der Waals surface area contributed by atoms with E-state index in [1.165, 1.54) is 0 Å². The minimum absolute atomic E-state index is 0.120. The molecule has 0 bridgehead atoms. The summed E-state index contributed by atoms with van der Waals surface area (Å²) in [5.74, 6) is 0.966. The standard InChI is InChI=1S/C35H36N6O/c1-4-13-38-33(34-40-31-21-37-20-30(32(31)41-34)26-10-7-14-36-19-26)29-18-25(12-11-23(29)3)27-15-22(2)16-28(17-27)39-35(42)24-8-5-6-9-24/h7,10-12,14-21,24H,4-6,8-9,13H2,1-3H3,(H,39,42)(H,40,41)/b38-33+. The van der Waals surface area contributed by atoms with Gasteiger partial charge < -0.3 is 10.3 Å². The normalized spacial score (nSPS) is 14.0. The summed E-state index contributed by atoms with van der Waals surface area (Å²) in [5, 5.41) is 3.18. The third kappa shape index (κ3) is 5.73. The van der Waals surface area contributed by atoms with Gasteiger partial charge >= 0.3 is 0 Å². The number of rotatable bonds is 8. The molecule has 0 spiro atoms. The molecule has 7 nitrogen and oxygen atoms in total. The van der Waals surface area contributed by atoms with E-state index in [1.807, 2.05) is 30.6 Å². The maximum absolute atomic E-state index is 12.9. The summed E-state index contributed by atoms with van der Waals surface area (Å²) in [5.41, 5.74) is 10.6. The Balaban J connectivity index is 1.39. The number of hydrogen-bond donors (Lipinski definition) is 2. The lowest BCUT2D eigenvalue weighted by molar-refractivity contribution is -0.119. The molecule has 2 aromatic carbocycles. The number of pyridine rings is 2. The fourth-order valence-corrected chi connectivity index (χ4v) is 5.80. The molecule has 0 aliphatic heterocycles. The van der Waals surface area contributed by atoms with Crippen LogP contribution in [0.4, 0.5) is 5.69 Å². The number of fused-ring (bicyclic) bond motifs is 1. The lowest BCUT2D eigenvalue weighted by Gasteiger charge is -2.14. The molecule has 1 amide bonds. The van der Waals surface area contributed by atoms with Crippen molar-refractivity contribution < 1.29 is 4.79 Å². The number of aryl methyl sites for hydroxylation is 2. The van der Waals surface area contributed by atoms with Gasteiger partial charge in [0.1, 0.15) is 11.2 Å². The molecule has 212 valence electrons. The monoisotopic (exact) mass is 556 g/mol. The number of carbonyl (C=O) groups excluding carboxylic acids is 1. The molecule has 0 unspecified atom stereocenters. The molecule has 3 aromatic heterocycles. The first-order valence-corrected chi connectivity index (χ1v) is 14.8. The smallest absolute Gasteiger partial charge is 0.227 e. The van der Waals surface area contributed by atoms with Gasteiger partial charge in [-0.15, -0.1) is 0 Å². The van der Waals surface area contributed by atoms with Crippen LogP contribution < -0.4 is 5.32 Å². The van der Waals surface area contributed by atoms with Crippen LogP contribution in [-0.4, -0.2) is 38.1 Å². The first-order valence-electron chi connectivity index (χ1n) is 14.8. The van der Waals surface area contributed by atoms with E-state index >= 15 is 0 Å². The molecule has 2 N–H and O–H groups in total. The third-order valence-electron chi connectivity index (χ3n) is 7.98. The van der Waals surface area contributed by atoms with E-state index in [1.54, 1.807) is 12.4 Å². The van der Waals surface area contributed by atoms with E-state index in [-0.39, 0.29) is 11.8 Å². The maximum atomic E-state index is 12.9. The summed E-state index contributed by atoms with van der Waals surface area (Å²) in [6.07, 6.45) is 12.4. The van der Waals surface area contributed by atoms with Gasteiger partial charge in [0.05, 0.1) is 11.7 Å². The first kappa shape index (κ1) is 27.5. The van der Waals surface area contributed by atoms with Crippen molar-refractivity contribution in [2.45, 2.75) is 52.9 Å². The minimum atomic E-state index is 0.120. The van der Waals surface area contributed by atoms with Crippen molar-refractivity contribution in [1.82, 2.24) is 19.9 Å². The predicted octanol–water partition coefficient (Wildman–Crippen LogP) is 7.68. The van der Waals surface area contributed by atoms with Gasteiger partial charge in [-0.3, -0.25) is 19.8 Å². The van der Waals surface area contributed by atoms with Gasteiger partial charge in [-0.2, -0.15) is 0 Å². The second-order valence-electron chi connectivity index (χ2n) is 11.2. The number of carbonyl (C=O) groups is 1. The number of hydrogen-bond acceptors (Lipinski definition) is 5. The zero-order valence-corrected chi connectivity index (χ0v) is 24.4. The fourth-order valence-electron chi connectivity index (χ4n) is 5.80. The van der Waals surface area contributed by atoms with Crippen molar-refractivity contribution in [3.05, 3.63) is 95.8 Å².